The van der Waals surface area contributed by atoms with Crippen LogP contribution in [0.25, 0.3) is 0 Å². The molecule has 0 amide bonds. The Hall–Kier alpha value is -2.80. The maximum absolute atomic E-state index is 9.60. The molecular formula is C14H13ClN6O. The van der Waals surface area contributed by atoms with Crippen LogP contribution in [0.2, 0.25) is 5.02 Å². The number of phenols is 1. The molecule has 4 N–H and O–H groups in total. The van der Waals surface area contributed by atoms with Crippen molar-refractivity contribution in [2.75, 3.05) is 10.6 Å². The van der Waals surface area contributed by atoms with Gasteiger partial charge in [-0.15, -0.1) is 0 Å². The molecule has 0 atom stereocenters. The van der Waals surface area contributed by atoms with Gasteiger partial charge < -0.3 is 15.7 Å². The number of aromatic hydroxyl groups is 1. The summed E-state index contributed by atoms with van der Waals surface area (Å²) in [6.45, 7) is 1.91. The molecule has 0 saturated heterocycles. The van der Waals surface area contributed by atoms with Gasteiger partial charge in [-0.3, -0.25) is 10.1 Å². The molecular weight excluding hydrogens is 304 g/mol. The van der Waals surface area contributed by atoms with Gasteiger partial charge in [0.05, 0.1) is 17.4 Å². The lowest BCUT2D eigenvalue weighted by atomic mass is 10.3. The summed E-state index contributed by atoms with van der Waals surface area (Å²) in [7, 11) is 0. The van der Waals surface area contributed by atoms with E-state index >= 15 is 0 Å². The van der Waals surface area contributed by atoms with Crippen LogP contribution < -0.4 is 10.6 Å². The summed E-state index contributed by atoms with van der Waals surface area (Å²) >= 11 is 5.78. The van der Waals surface area contributed by atoms with Crippen molar-refractivity contribution < 1.29 is 5.11 Å². The van der Waals surface area contributed by atoms with Crippen LogP contribution in [0.15, 0.2) is 36.7 Å². The number of phenolic OH excluding ortho intramolecular Hbond substituents is 1. The third-order valence-corrected chi connectivity index (χ3v) is 3.13. The van der Waals surface area contributed by atoms with Gasteiger partial charge in [-0.25, -0.2) is 4.98 Å². The van der Waals surface area contributed by atoms with Crippen LogP contribution >= 0.6 is 11.6 Å². The fraction of sp³-hybridized carbons (Fsp3) is 0.0714. The number of nitrogens with zero attached hydrogens (tertiary/aromatic N) is 3. The van der Waals surface area contributed by atoms with Crippen molar-refractivity contribution in [3.8, 4) is 5.75 Å². The lowest BCUT2D eigenvalue weighted by Crippen LogP contribution is -1.99. The van der Waals surface area contributed by atoms with Crippen LogP contribution in [0.4, 0.5) is 23.1 Å². The lowest BCUT2D eigenvalue weighted by molar-refractivity contribution is 0.476. The highest BCUT2D eigenvalue weighted by Gasteiger charge is 2.04. The Morgan fingerprint density at radius 1 is 1.09 bits per heavy atom. The minimum Gasteiger partial charge on any atom is -0.506 e. The van der Waals surface area contributed by atoms with Gasteiger partial charge in [-0.05, 0) is 19.1 Å². The number of hydrogen-bond donors (Lipinski definition) is 4. The van der Waals surface area contributed by atoms with Crippen molar-refractivity contribution in [1.29, 1.82) is 0 Å². The molecule has 0 aliphatic heterocycles. The van der Waals surface area contributed by atoms with Gasteiger partial charge in [0.2, 0.25) is 0 Å². The van der Waals surface area contributed by atoms with Crippen LogP contribution in [0.3, 0.4) is 0 Å². The molecule has 2 aromatic heterocycles. The second-order valence-corrected chi connectivity index (χ2v) is 5.05. The Bertz CT molecular complexity index is 804. The summed E-state index contributed by atoms with van der Waals surface area (Å²) in [5.41, 5.74) is 1.60. The molecule has 3 rings (SSSR count). The van der Waals surface area contributed by atoms with Crippen molar-refractivity contribution >= 4 is 34.7 Å². The molecule has 0 saturated carbocycles. The number of aryl methyl sites for hydroxylation is 1. The number of hydrogen-bond acceptors (Lipinski definition) is 6. The topological polar surface area (TPSA) is 98.8 Å². The molecule has 8 heteroatoms. The zero-order chi connectivity index (χ0) is 15.5. The molecule has 3 aromatic rings. The van der Waals surface area contributed by atoms with E-state index in [1.54, 1.807) is 24.5 Å². The number of halogens is 1. The number of nitrogens with one attached hydrogen (secondary N) is 3. The molecule has 0 aliphatic carbocycles. The van der Waals surface area contributed by atoms with Gasteiger partial charge >= 0.3 is 0 Å². The molecule has 0 spiro atoms. The second kappa shape index (κ2) is 5.90. The average Bonchev–Trinajstić information content (AvgIpc) is 2.89. The Morgan fingerprint density at radius 2 is 1.86 bits per heavy atom. The number of H-pyrrole nitrogens is 1. The van der Waals surface area contributed by atoms with E-state index in [0.29, 0.717) is 28.2 Å². The predicted octanol–water partition coefficient (Wildman–Crippen LogP) is 3.35. The molecule has 2 heterocycles. The Balaban J connectivity index is 1.77. The van der Waals surface area contributed by atoms with E-state index in [9.17, 15) is 5.11 Å². The van der Waals surface area contributed by atoms with Gasteiger partial charge in [0.25, 0.3) is 0 Å². The van der Waals surface area contributed by atoms with E-state index in [0.717, 1.165) is 5.69 Å². The van der Waals surface area contributed by atoms with Gasteiger partial charge in [0, 0.05) is 23.5 Å². The third kappa shape index (κ3) is 3.26. The zero-order valence-corrected chi connectivity index (χ0v) is 12.4. The first-order chi connectivity index (χ1) is 10.6. The van der Waals surface area contributed by atoms with Crippen LogP contribution in [-0.2, 0) is 0 Å². The number of anilines is 4. The normalized spacial score (nSPS) is 10.5. The standard InChI is InChI=1S/C14H13ClN6O/c1-8-4-12(21-20-8)18-14-7-16-6-13(19-14)17-9-2-3-10(15)11(22)5-9/h2-7,22H,1H3,(H3,17,18,19,20,21). The lowest BCUT2D eigenvalue weighted by Gasteiger charge is -2.08. The number of aromatic amines is 1. The molecule has 0 unspecified atom stereocenters. The van der Waals surface area contributed by atoms with E-state index in [2.05, 4.69) is 30.8 Å². The van der Waals surface area contributed by atoms with E-state index in [1.807, 2.05) is 13.0 Å². The Kier molecular flexibility index (Phi) is 3.80. The molecule has 0 aliphatic rings. The first kappa shape index (κ1) is 14.2. The summed E-state index contributed by atoms with van der Waals surface area (Å²) in [5.74, 6) is 1.74. The zero-order valence-electron chi connectivity index (χ0n) is 11.6. The van der Waals surface area contributed by atoms with Gasteiger partial charge in [-0.1, -0.05) is 11.6 Å². The maximum Gasteiger partial charge on any atom is 0.153 e. The van der Waals surface area contributed by atoms with Crippen molar-refractivity contribution in [1.82, 2.24) is 20.2 Å². The van der Waals surface area contributed by atoms with Crippen molar-refractivity contribution in [3.63, 3.8) is 0 Å². The first-order valence-corrected chi connectivity index (χ1v) is 6.84. The molecule has 0 radical (unpaired) electrons. The van der Waals surface area contributed by atoms with Crippen molar-refractivity contribution in [2.24, 2.45) is 0 Å². The van der Waals surface area contributed by atoms with E-state index in [1.165, 1.54) is 6.07 Å². The predicted molar refractivity (Wildman–Crippen MR) is 85.0 cm³/mol. The highest BCUT2D eigenvalue weighted by Crippen LogP contribution is 2.27. The smallest absolute Gasteiger partial charge is 0.153 e. The molecule has 112 valence electrons. The molecule has 0 fully saturated rings. The van der Waals surface area contributed by atoms with Crippen LogP contribution in [0, 0.1) is 6.92 Å². The van der Waals surface area contributed by atoms with Gasteiger partial charge in [0.15, 0.2) is 17.5 Å². The summed E-state index contributed by atoms with van der Waals surface area (Å²) in [6.07, 6.45) is 3.17. The van der Waals surface area contributed by atoms with E-state index in [4.69, 9.17) is 11.6 Å². The first-order valence-electron chi connectivity index (χ1n) is 6.47. The molecule has 1 aromatic carbocycles. The second-order valence-electron chi connectivity index (χ2n) is 4.64. The van der Waals surface area contributed by atoms with Gasteiger partial charge in [-0.2, -0.15) is 5.10 Å². The highest BCUT2D eigenvalue weighted by molar-refractivity contribution is 6.32. The summed E-state index contributed by atoms with van der Waals surface area (Å²) in [6, 6.07) is 6.71. The molecule has 22 heavy (non-hydrogen) atoms. The number of aromatic nitrogens is 4. The van der Waals surface area contributed by atoms with Gasteiger partial charge in [0.1, 0.15) is 5.75 Å². The third-order valence-electron chi connectivity index (χ3n) is 2.82. The Morgan fingerprint density at radius 3 is 2.55 bits per heavy atom. The summed E-state index contributed by atoms with van der Waals surface area (Å²) < 4.78 is 0. The monoisotopic (exact) mass is 316 g/mol. The van der Waals surface area contributed by atoms with E-state index in [-0.39, 0.29) is 5.75 Å². The average molecular weight is 317 g/mol. The number of rotatable bonds is 4. The van der Waals surface area contributed by atoms with Crippen LogP contribution in [0.5, 0.6) is 5.75 Å². The highest BCUT2D eigenvalue weighted by atomic mass is 35.5. The van der Waals surface area contributed by atoms with Crippen molar-refractivity contribution in [2.45, 2.75) is 6.92 Å². The Labute approximate surface area is 131 Å². The fourth-order valence-corrected chi connectivity index (χ4v) is 1.96. The quantitative estimate of drug-likeness (QED) is 0.589. The molecule has 0 bridgehead atoms. The maximum atomic E-state index is 9.60. The SMILES string of the molecule is Cc1cc(Nc2cncc(Nc3ccc(Cl)c(O)c3)n2)n[nH]1. The van der Waals surface area contributed by atoms with E-state index < -0.39 is 0 Å². The summed E-state index contributed by atoms with van der Waals surface area (Å²) in [4.78, 5) is 8.48. The van der Waals surface area contributed by atoms with Crippen LogP contribution in [-0.4, -0.2) is 25.3 Å². The largest absolute Gasteiger partial charge is 0.506 e. The minimum atomic E-state index is 0.000836. The molecule has 7 nitrogen and oxygen atoms in total. The van der Waals surface area contributed by atoms with Crippen LogP contribution in [0.1, 0.15) is 5.69 Å². The fourth-order valence-electron chi connectivity index (χ4n) is 1.84. The number of benzene rings is 1. The summed E-state index contributed by atoms with van der Waals surface area (Å²) in [5, 5.41) is 22.9. The minimum absolute atomic E-state index is 0.000836. The van der Waals surface area contributed by atoms with Crippen molar-refractivity contribution in [3.05, 3.63) is 47.4 Å².